The van der Waals surface area contributed by atoms with Gasteiger partial charge < -0.3 is 20.1 Å². The van der Waals surface area contributed by atoms with Gasteiger partial charge in [0.2, 0.25) is 5.88 Å². The molecule has 0 saturated heterocycles. The van der Waals surface area contributed by atoms with E-state index in [4.69, 9.17) is 9.47 Å². The molecule has 122 valence electrons. The van der Waals surface area contributed by atoms with Crippen molar-refractivity contribution >= 4 is 11.7 Å². The maximum Gasteiger partial charge on any atom is 0.319 e. The van der Waals surface area contributed by atoms with Crippen LogP contribution < -0.4 is 15.4 Å². The molecule has 1 atom stereocenters. The quantitative estimate of drug-likeness (QED) is 0.766. The Morgan fingerprint density at radius 3 is 2.74 bits per heavy atom. The molecule has 0 spiro atoms. The van der Waals surface area contributed by atoms with Crippen LogP contribution in [0.2, 0.25) is 0 Å². The molecule has 23 heavy (non-hydrogen) atoms. The first-order valence-corrected chi connectivity index (χ1v) is 7.25. The number of carbonyl (C=O) groups is 1. The van der Waals surface area contributed by atoms with Crippen LogP contribution in [0.3, 0.4) is 0 Å². The first-order valence-electron chi connectivity index (χ1n) is 7.25. The van der Waals surface area contributed by atoms with Gasteiger partial charge in [-0.2, -0.15) is 0 Å². The fraction of sp³-hybridized carbons (Fsp3) is 0.312. The highest BCUT2D eigenvalue weighted by molar-refractivity contribution is 5.90. The lowest BCUT2D eigenvalue weighted by atomic mass is 10.1. The zero-order valence-electron chi connectivity index (χ0n) is 13.2. The van der Waals surface area contributed by atoms with Crippen molar-refractivity contribution in [3.63, 3.8) is 0 Å². The van der Waals surface area contributed by atoms with Crippen molar-refractivity contribution in [2.24, 2.45) is 0 Å². The van der Waals surface area contributed by atoms with Crippen LogP contribution in [-0.4, -0.2) is 36.3 Å². The monoisotopic (exact) mass is 316 g/mol. The molecule has 7 nitrogen and oxygen atoms in total. The Kier molecular flexibility index (Phi) is 6.31. The summed E-state index contributed by atoms with van der Waals surface area (Å²) in [6.45, 7) is 2.70. The molecule has 0 radical (unpaired) electrons. The number of nitrogens with zero attached hydrogens (tertiary/aromatic N) is 2. The van der Waals surface area contributed by atoms with Crippen LogP contribution in [0.5, 0.6) is 5.88 Å². The minimum absolute atomic E-state index is 0.146. The van der Waals surface area contributed by atoms with Gasteiger partial charge in [-0.15, -0.1) is 0 Å². The molecule has 0 aliphatic rings. The summed E-state index contributed by atoms with van der Waals surface area (Å²) >= 11 is 0. The number of nitrogens with one attached hydrogen (secondary N) is 2. The topological polar surface area (TPSA) is 85.4 Å². The summed E-state index contributed by atoms with van der Waals surface area (Å²) < 4.78 is 10.4. The largest absolute Gasteiger partial charge is 0.474 e. The number of anilines is 1. The number of aromatic nitrogens is 2. The Morgan fingerprint density at radius 2 is 2.00 bits per heavy atom. The van der Waals surface area contributed by atoms with Crippen LogP contribution in [-0.2, 0) is 4.74 Å². The molecule has 0 fully saturated rings. The van der Waals surface area contributed by atoms with E-state index in [9.17, 15) is 4.79 Å². The number of pyridine rings is 2. The Balaban J connectivity index is 1.95. The molecule has 2 aromatic rings. The Labute approximate surface area is 135 Å². The Morgan fingerprint density at radius 1 is 1.22 bits per heavy atom. The van der Waals surface area contributed by atoms with E-state index in [1.54, 1.807) is 37.8 Å². The maximum atomic E-state index is 12.1. The average Bonchev–Trinajstić information content (AvgIpc) is 2.57. The standard InChI is InChI=1S/C16H20N4O3/c1-12(13-5-8-17-9-6-13)19-16(21)20-14-4-3-7-18-15(14)23-11-10-22-2/h3-9,12H,10-11H2,1-2H3,(H2,19,20,21)/t12-/m1/s1. The van der Waals surface area contributed by atoms with Gasteiger partial charge in [0.25, 0.3) is 0 Å². The first kappa shape index (κ1) is 16.7. The molecule has 0 aliphatic carbocycles. The highest BCUT2D eigenvalue weighted by atomic mass is 16.5. The van der Waals surface area contributed by atoms with Gasteiger partial charge in [0.1, 0.15) is 12.3 Å². The van der Waals surface area contributed by atoms with Crippen LogP contribution in [0, 0.1) is 0 Å². The normalized spacial score (nSPS) is 11.6. The van der Waals surface area contributed by atoms with Crippen LogP contribution >= 0.6 is 0 Å². The lowest BCUT2D eigenvalue weighted by molar-refractivity contribution is 0.144. The third-order valence-electron chi connectivity index (χ3n) is 3.10. The van der Waals surface area contributed by atoms with E-state index in [0.29, 0.717) is 24.8 Å². The fourth-order valence-corrected chi connectivity index (χ4v) is 1.91. The third kappa shape index (κ3) is 5.23. The molecular formula is C16H20N4O3. The number of urea groups is 1. The molecule has 2 amide bonds. The Hall–Kier alpha value is -2.67. The average molecular weight is 316 g/mol. The van der Waals surface area contributed by atoms with E-state index >= 15 is 0 Å². The lowest BCUT2D eigenvalue weighted by Gasteiger charge is -2.16. The van der Waals surface area contributed by atoms with E-state index in [1.165, 1.54) is 0 Å². The highest BCUT2D eigenvalue weighted by Crippen LogP contribution is 2.20. The summed E-state index contributed by atoms with van der Waals surface area (Å²) in [4.78, 5) is 20.2. The van der Waals surface area contributed by atoms with Crippen molar-refractivity contribution in [3.05, 3.63) is 48.4 Å². The predicted octanol–water partition coefficient (Wildman–Crippen LogP) is 2.38. The first-order chi connectivity index (χ1) is 11.2. The number of ether oxygens (including phenoxy) is 2. The molecular weight excluding hydrogens is 296 g/mol. The predicted molar refractivity (Wildman–Crippen MR) is 86.4 cm³/mol. The maximum absolute atomic E-state index is 12.1. The number of carbonyl (C=O) groups excluding carboxylic acids is 1. The van der Waals surface area contributed by atoms with E-state index < -0.39 is 0 Å². The minimum atomic E-state index is -0.334. The molecule has 0 saturated carbocycles. The molecule has 0 aromatic carbocycles. The Bertz CT molecular complexity index is 622. The van der Waals surface area contributed by atoms with Gasteiger partial charge in [-0.1, -0.05) is 0 Å². The smallest absolute Gasteiger partial charge is 0.319 e. The van der Waals surface area contributed by atoms with Crippen molar-refractivity contribution in [2.45, 2.75) is 13.0 Å². The zero-order chi connectivity index (χ0) is 16.5. The second kappa shape index (κ2) is 8.70. The zero-order valence-corrected chi connectivity index (χ0v) is 13.2. The summed E-state index contributed by atoms with van der Waals surface area (Å²) in [7, 11) is 1.59. The van der Waals surface area contributed by atoms with Crippen LogP contribution in [0.25, 0.3) is 0 Å². The van der Waals surface area contributed by atoms with Gasteiger partial charge in [-0.05, 0) is 36.8 Å². The summed E-state index contributed by atoms with van der Waals surface area (Å²) in [5.41, 5.74) is 1.47. The van der Waals surface area contributed by atoms with Gasteiger partial charge in [0.15, 0.2) is 0 Å². The fourth-order valence-electron chi connectivity index (χ4n) is 1.91. The van der Waals surface area contributed by atoms with E-state index in [-0.39, 0.29) is 12.1 Å². The number of amides is 2. The van der Waals surface area contributed by atoms with Crippen molar-refractivity contribution in [1.82, 2.24) is 15.3 Å². The van der Waals surface area contributed by atoms with Gasteiger partial charge in [-0.3, -0.25) is 4.98 Å². The van der Waals surface area contributed by atoms with Crippen molar-refractivity contribution in [2.75, 3.05) is 25.6 Å². The van der Waals surface area contributed by atoms with Gasteiger partial charge >= 0.3 is 6.03 Å². The number of hydrogen-bond acceptors (Lipinski definition) is 5. The highest BCUT2D eigenvalue weighted by Gasteiger charge is 2.12. The van der Waals surface area contributed by atoms with Crippen molar-refractivity contribution in [1.29, 1.82) is 0 Å². The minimum Gasteiger partial charge on any atom is -0.474 e. The van der Waals surface area contributed by atoms with Gasteiger partial charge in [0, 0.05) is 25.7 Å². The van der Waals surface area contributed by atoms with E-state index in [2.05, 4.69) is 20.6 Å². The van der Waals surface area contributed by atoms with Crippen molar-refractivity contribution in [3.8, 4) is 5.88 Å². The van der Waals surface area contributed by atoms with Crippen LogP contribution in [0.15, 0.2) is 42.9 Å². The molecule has 0 unspecified atom stereocenters. The molecule has 2 N–H and O–H groups in total. The van der Waals surface area contributed by atoms with E-state index in [1.807, 2.05) is 19.1 Å². The SMILES string of the molecule is COCCOc1ncccc1NC(=O)N[C@H](C)c1ccncc1. The second-order valence-corrected chi connectivity index (χ2v) is 4.80. The summed E-state index contributed by atoms with van der Waals surface area (Å²) in [5.74, 6) is 0.358. The number of hydrogen-bond donors (Lipinski definition) is 2. The molecule has 0 aliphatic heterocycles. The van der Waals surface area contributed by atoms with Crippen LogP contribution in [0.4, 0.5) is 10.5 Å². The third-order valence-corrected chi connectivity index (χ3v) is 3.10. The van der Waals surface area contributed by atoms with Crippen LogP contribution in [0.1, 0.15) is 18.5 Å². The lowest BCUT2D eigenvalue weighted by Crippen LogP contribution is -2.31. The molecule has 2 heterocycles. The van der Waals surface area contributed by atoms with Gasteiger partial charge in [0.05, 0.1) is 12.6 Å². The summed E-state index contributed by atoms with van der Waals surface area (Å²) in [5, 5.41) is 5.60. The molecule has 7 heteroatoms. The summed E-state index contributed by atoms with van der Waals surface area (Å²) in [6, 6.07) is 6.69. The number of rotatable bonds is 7. The van der Waals surface area contributed by atoms with E-state index in [0.717, 1.165) is 5.56 Å². The van der Waals surface area contributed by atoms with Crippen molar-refractivity contribution < 1.29 is 14.3 Å². The molecule has 0 bridgehead atoms. The summed E-state index contributed by atoms with van der Waals surface area (Å²) in [6.07, 6.45) is 4.98. The van der Waals surface area contributed by atoms with Gasteiger partial charge in [-0.25, -0.2) is 9.78 Å². The second-order valence-electron chi connectivity index (χ2n) is 4.80. The number of methoxy groups -OCH3 is 1. The molecule has 2 rings (SSSR count). The molecule has 2 aromatic heterocycles.